The Bertz CT molecular complexity index is 118. The molecular formula is C14H32F2. The van der Waals surface area contributed by atoms with Crippen LogP contribution in [0.3, 0.4) is 0 Å². The van der Waals surface area contributed by atoms with Crippen LogP contribution in [0.4, 0.5) is 8.78 Å². The van der Waals surface area contributed by atoms with E-state index in [2.05, 4.69) is 0 Å². The third-order valence-electron chi connectivity index (χ3n) is 2.75. The summed E-state index contributed by atoms with van der Waals surface area (Å²) >= 11 is 0. The van der Waals surface area contributed by atoms with Gasteiger partial charge in [0.15, 0.2) is 0 Å². The second kappa shape index (κ2) is 8.95. The smallest absolute Gasteiger partial charge is 0.107 e. The molecule has 0 radical (unpaired) electrons. The van der Waals surface area contributed by atoms with Gasteiger partial charge in [0.2, 0.25) is 0 Å². The number of alkyl halides is 2. The number of hydrogen-bond acceptors (Lipinski definition) is 0. The Morgan fingerprint density at radius 1 is 0.625 bits per heavy atom. The highest BCUT2D eigenvalue weighted by atomic mass is 19.1. The van der Waals surface area contributed by atoms with E-state index in [1.807, 2.05) is 41.5 Å². The number of rotatable bonds is 2. The van der Waals surface area contributed by atoms with Crippen molar-refractivity contribution in [3.8, 4) is 0 Å². The SMILES string of the molecule is CC.CC(C)C(C)(C)F.CC(C)C(C)(C)F. The lowest BCUT2D eigenvalue weighted by molar-refractivity contribution is 0.148. The van der Waals surface area contributed by atoms with Crippen molar-refractivity contribution in [3.05, 3.63) is 0 Å². The zero-order valence-electron chi connectivity index (χ0n) is 12.9. The van der Waals surface area contributed by atoms with Gasteiger partial charge in [-0.1, -0.05) is 41.5 Å². The lowest BCUT2D eigenvalue weighted by atomic mass is 9.97. The van der Waals surface area contributed by atoms with Crippen molar-refractivity contribution in [1.82, 2.24) is 0 Å². The first kappa shape index (κ1) is 21.2. The molecule has 0 bridgehead atoms. The van der Waals surface area contributed by atoms with Gasteiger partial charge in [0, 0.05) is 0 Å². The van der Waals surface area contributed by atoms with Crippen LogP contribution in [0, 0.1) is 11.8 Å². The summed E-state index contributed by atoms with van der Waals surface area (Å²) in [6.07, 6.45) is 0. The summed E-state index contributed by atoms with van der Waals surface area (Å²) in [5, 5.41) is 0. The fraction of sp³-hybridized carbons (Fsp3) is 1.00. The lowest BCUT2D eigenvalue weighted by Crippen LogP contribution is -2.19. The molecule has 0 spiro atoms. The highest BCUT2D eigenvalue weighted by Gasteiger charge is 2.19. The summed E-state index contributed by atoms with van der Waals surface area (Å²) in [6.45, 7) is 17.9. The molecule has 0 aromatic rings. The lowest BCUT2D eigenvalue weighted by Gasteiger charge is -2.17. The molecule has 0 rings (SSSR count). The molecule has 0 amide bonds. The van der Waals surface area contributed by atoms with E-state index in [0.29, 0.717) is 0 Å². The van der Waals surface area contributed by atoms with Crippen molar-refractivity contribution in [3.63, 3.8) is 0 Å². The van der Waals surface area contributed by atoms with E-state index in [9.17, 15) is 8.78 Å². The van der Waals surface area contributed by atoms with Gasteiger partial charge in [0.1, 0.15) is 11.3 Å². The summed E-state index contributed by atoms with van der Waals surface area (Å²) in [6, 6.07) is 0. The molecule has 0 aromatic carbocycles. The molecular weight excluding hydrogens is 206 g/mol. The third-order valence-corrected chi connectivity index (χ3v) is 2.75. The van der Waals surface area contributed by atoms with Gasteiger partial charge in [-0.05, 0) is 39.5 Å². The maximum absolute atomic E-state index is 12.5. The van der Waals surface area contributed by atoms with Crippen LogP contribution in [0.25, 0.3) is 0 Å². The van der Waals surface area contributed by atoms with E-state index in [1.54, 1.807) is 27.7 Å². The maximum atomic E-state index is 12.5. The van der Waals surface area contributed by atoms with Gasteiger partial charge >= 0.3 is 0 Å². The summed E-state index contributed by atoms with van der Waals surface area (Å²) in [5.74, 6) is 0.264. The molecule has 0 saturated heterocycles. The van der Waals surface area contributed by atoms with Crippen molar-refractivity contribution in [1.29, 1.82) is 0 Å². The molecule has 0 N–H and O–H groups in total. The molecule has 0 aromatic heterocycles. The highest BCUT2D eigenvalue weighted by molar-refractivity contribution is 4.69. The minimum Gasteiger partial charge on any atom is -0.244 e. The van der Waals surface area contributed by atoms with E-state index in [1.165, 1.54) is 0 Å². The monoisotopic (exact) mass is 238 g/mol. The Morgan fingerprint density at radius 3 is 0.688 bits per heavy atom. The Hall–Kier alpha value is -0.140. The van der Waals surface area contributed by atoms with E-state index in [-0.39, 0.29) is 11.8 Å². The van der Waals surface area contributed by atoms with Gasteiger partial charge in [-0.15, -0.1) is 0 Å². The van der Waals surface area contributed by atoms with Gasteiger partial charge in [-0.2, -0.15) is 0 Å². The van der Waals surface area contributed by atoms with Crippen molar-refractivity contribution >= 4 is 0 Å². The summed E-state index contributed by atoms with van der Waals surface area (Å²) in [4.78, 5) is 0. The first-order valence-corrected chi connectivity index (χ1v) is 6.26. The molecule has 0 nitrogen and oxygen atoms in total. The summed E-state index contributed by atoms with van der Waals surface area (Å²) < 4.78 is 25.0. The molecule has 2 heteroatoms. The average Bonchev–Trinajstić information content (AvgIpc) is 2.05. The molecule has 0 aliphatic carbocycles. The van der Waals surface area contributed by atoms with Gasteiger partial charge in [-0.3, -0.25) is 0 Å². The fourth-order valence-electron chi connectivity index (χ4n) is 0. The molecule has 0 heterocycles. The summed E-state index contributed by atoms with van der Waals surface area (Å²) in [7, 11) is 0. The average molecular weight is 238 g/mol. The van der Waals surface area contributed by atoms with Crippen molar-refractivity contribution in [2.45, 2.75) is 80.6 Å². The molecule has 0 saturated carbocycles. The third kappa shape index (κ3) is 16.3. The summed E-state index contributed by atoms with van der Waals surface area (Å²) in [5.41, 5.74) is -2.00. The normalized spacial score (nSPS) is 11.6. The first-order chi connectivity index (χ1) is 6.89. The van der Waals surface area contributed by atoms with Gasteiger partial charge in [0.25, 0.3) is 0 Å². The Balaban J connectivity index is -0.000000183. The molecule has 0 atom stereocenters. The topological polar surface area (TPSA) is 0 Å². The first-order valence-electron chi connectivity index (χ1n) is 6.26. The van der Waals surface area contributed by atoms with Crippen LogP contribution in [0.2, 0.25) is 0 Å². The van der Waals surface area contributed by atoms with E-state index in [0.717, 1.165) is 0 Å². The van der Waals surface area contributed by atoms with Gasteiger partial charge in [-0.25, -0.2) is 8.78 Å². The van der Waals surface area contributed by atoms with Gasteiger partial charge in [0.05, 0.1) is 0 Å². The van der Waals surface area contributed by atoms with Crippen LogP contribution in [0.5, 0.6) is 0 Å². The van der Waals surface area contributed by atoms with Crippen LogP contribution in [0.1, 0.15) is 69.2 Å². The molecule has 16 heavy (non-hydrogen) atoms. The van der Waals surface area contributed by atoms with Crippen LogP contribution < -0.4 is 0 Å². The maximum Gasteiger partial charge on any atom is 0.107 e. The minimum atomic E-state index is -1.00. The largest absolute Gasteiger partial charge is 0.244 e. The molecule has 0 aliphatic rings. The van der Waals surface area contributed by atoms with Crippen LogP contribution in [-0.2, 0) is 0 Å². The Labute approximate surface area is 102 Å². The number of hydrogen-bond donors (Lipinski definition) is 0. The number of halogens is 2. The Kier molecular flexibility index (Phi) is 11.8. The zero-order chi connectivity index (χ0) is 14.2. The molecule has 0 unspecified atom stereocenters. The second-order valence-electron chi connectivity index (χ2n) is 5.44. The van der Waals surface area contributed by atoms with E-state index in [4.69, 9.17) is 0 Å². The Morgan fingerprint density at radius 2 is 0.688 bits per heavy atom. The van der Waals surface area contributed by atoms with Crippen LogP contribution in [0.15, 0.2) is 0 Å². The zero-order valence-corrected chi connectivity index (χ0v) is 12.9. The predicted octanol–water partition coefficient (Wildman–Crippen LogP) is 5.81. The standard InChI is InChI=1S/2C6H13F.C2H6/c2*1-5(2)6(3,4)7;1-2/h2*5H,1-4H3;1-2H3. The van der Waals surface area contributed by atoms with Crippen LogP contribution in [-0.4, -0.2) is 11.3 Å². The second-order valence-corrected chi connectivity index (χ2v) is 5.44. The van der Waals surface area contributed by atoms with Crippen molar-refractivity contribution in [2.75, 3.05) is 0 Å². The van der Waals surface area contributed by atoms with Crippen molar-refractivity contribution in [2.24, 2.45) is 11.8 Å². The predicted molar refractivity (Wildman–Crippen MR) is 71.4 cm³/mol. The molecule has 0 fully saturated rings. The van der Waals surface area contributed by atoms with Gasteiger partial charge < -0.3 is 0 Å². The van der Waals surface area contributed by atoms with Crippen LogP contribution >= 0.6 is 0 Å². The highest BCUT2D eigenvalue weighted by Crippen LogP contribution is 2.19. The van der Waals surface area contributed by atoms with E-state index < -0.39 is 11.3 Å². The molecule has 0 aliphatic heterocycles. The van der Waals surface area contributed by atoms with Crippen molar-refractivity contribution < 1.29 is 8.78 Å². The quantitative estimate of drug-likeness (QED) is 0.569. The minimum absolute atomic E-state index is 0.132. The molecule has 102 valence electrons. The van der Waals surface area contributed by atoms with E-state index >= 15 is 0 Å². The fourth-order valence-corrected chi connectivity index (χ4v) is 0.